The predicted molar refractivity (Wildman–Crippen MR) is 111 cm³/mol. The number of pyridine rings is 1. The molecule has 3 heterocycles. The van der Waals surface area contributed by atoms with E-state index in [0.717, 1.165) is 29.4 Å². The maximum absolute atomic E-state index is 13.1. The van der Waals surface area contributed by atoms with E-state index in [4.69, 9.17) is 0 Å². The summed E-state index contributed by atoms with van der Waals surface area (Å²) in [6.45, 7) is 3.65. The van der Waals surface area contributed by atoms with E-state index in [2.05, 4.69) is 25.8 Å². The number of rotatable bonds is 4. The molecule has 8 nitrogen and oxygen atoms in total. The zero-order valence-electron chi connectivity index (χ0n) is 16.3. The molecule has 1 aromatic carbocycles. The summed E-state index contributed by atoms with van der Waals surface area (Å²) in [6.07, 6.45) is 3.40. The number of hydrogen-bond acceptors (Lipinski definition) is 4. The van der Waals surface area contributed by atoms with E-state index in [1.165, 1.54) is 0 Å². The van der Waals surface area contributed by atoms with Crippen LogP contribution in [-0.4, -0.2) is 51.7 Å². The summed E-state index contributed by atoms with van der Waals surface area (Å²) in [5.41, 5.74) is 2.77. The number of piperidine rings is 1. The summed E-state index contributed by atoms with van der Waals surface area (Å²) < 4.78 is 0. The Labute approximate surface area is 168 Å². The topological polar surface area (TPSA) is 103 Å². The Morgan fingerprint density at radius 1 is 1.24 bits per heavy atom. The second-order valence-electron chi connectivity index (χ2n) is 7.16. The largest absolute Gasteiger partial charge is 0.338 e. The standard InChI is InChI=1S/C21H24N6O2/c1-2-22-21(29)25-18-12-23-26-19(18)15-7-5-11-27(13-15)20(28)17-10-9-14-6-3-4-8-16(14)24-17/h3-4,6,8-10,12,15H,2,5,7,11,13H2,1H3,(H,23,26)(H2,22,25,29)/t15-/m0/s1. The maximum atomic E-state index is 13.1. The van der Waals surface area contributed by atoms with Crippen LogP contribution in [0.3, 0.4) is 0 Å². The Morgan fingerprint density at radius 2 is 2.10 bits per heavy atom. The van der Waals surface area contributed by atoms with Gasteiger partial charge in [0.2, 0.25) is 0 Å². The molecule has 0 radical (unpaired) electrons. The van der Waals surface area contributed by atoms with Crippen molar-refractivity contribution >= 4 is 28.5 Å². The van der Waals surface area contributed by atoms with Crippen LogP contribution >= 0.6 is 0 Å². The Balaban J connectivity index is 1.50. The van der Waals surface area contributed by atoms with Crippen LogP contribution < -0.4 is 10.6 Å². The molecule has 0 unspecified atom stereocenters. The van der Waals surface area contributed by atoms with Crippen molar-refractivity contribution in [2.24, 2.45) is 0 Å². The molecule has 8 heteroatoms. The van der Waals surface area contributed by atoms with Gasteiger partial charge in [-0.25, -0.2) is 9.78 Å². The van der Waals surface area contributed by atoms with E-state index in [9.17, 15) is 9.59 Å². The van der Waals surface area contributed by atoms with Gasteiger partial charge in [0, 0.05) is 30.9 Å². The van der Waals surface area contributed by atoms with E-state index in [1.807, 2.05) is 42.2 Å². The van der Waals surface area contributed by atoms with Crippen molar-refractivity contribution in [1.82, 2.24) is 25.4 Å². The maximum Gasteiger partial charge on any atom is 0.319 e. The van der Waals surface area contributed by atoms with Crippen molar-refractivity contribution in [3.63, 3.8) is 0 Å². The van der Waals surface area contributed by atoms with E-state index in [-0.39, 0.29) is 17.9 Å². The van der Waals surface area contributed by atoms with Crippen molar-refractivity contribution in [2.45, 2.75) is 25.7 Å². The average molecular weight is 392 g/mol. The average Bonchev–Trinajstić information content (AvgIpc) is 3.21. The molecule has 3 amide bonds. The first kappa shape index (κ1) is 18.9. The number of carbonyl (C=O) groups excluding carboxylic acids is 2. The minimum atomic E-state index is -0.265. The molecule has 0 saturated carbocycles. The van der Waals surface area contributed by atoms with Crippen molar-refractivity contribution in [1.29, 1.82) is 0 Å². The predicted octanol–water partition coefficient (Wildman–Crippen LogP) is 3.12. The molecule has 0 bridgehead atoms. The van der Waals surface area contributed by atoms with Gasteiger partial charge >= 0.3 is 6.03 Å². The van der Waals surface area contributed by atoms with Crippen molar-refractivity contribution in [2.75, 3.05) is 25.0 Å². The molecular weight excluding hydrogens is 368 g/mol. The van der Waals surface area contributed by atoms with Gasteiger partial charge in [0.05, 0.1) is 23.1 Å². The van der Waals surface area contributed by atoms with Crippen molar-refractivity contribution in [3.8, 4) is 0 Å². The Morgan fingerprint density at radius 3 is 2.97 bits per heavy atom. The van der Waals surface area contributed by atoms with Gasteiger partial charge in [-0.05, 0) is 31.9 Å². The third-order valence-electron chi connectivity index (χ3n) is 5.19. The molecule has 0 spiro atoms. The fourth-order valence-corrected chi connectivity index (χ4v) is 3.78. The first-order valence-electron chi connectivity index (χ1n) is 9.89. The number of likely N-dealkylation sites (tertiary alicyclic amines) is 1. The number of amides is 3. The molecule has 3 N–H and O–H groups in total. The van der Waals surface area contributed by atoms with Crippen LogP contribution in [-0.2, 0) is 0 Å². The van der Waals surface area contributed by atoms with Crippen LogP contribution in [0.1, 0.15) is 41.9 Å². The molecule has 1 atom stereocenters. The highest BCUT2D eigenvalue weighted by molar-refractivity contribution is 5.95. The number of para-hydroxylation sites is 1. The van der Waals surface area contributed by atoms with Crippen LogP contribution in [0, 0.1) is 0 Å². The molecule has 29 heavy (non-hydrogen) atoms. The number of aromatic amines is 1. The van der Waals surface area contributed by atoms with Gasteiger partial charge in [-0.1, -0.05) is 24.3 Å². The molecule has 1 saturated heterocycles. The van der Waals surface area contributed by atoms with E-state index in [0.29, 0.717) is 31.0 Å². The second kappa shape index (κ2) is 8.30. The summed E-state index contributed by atoms with van der Waals surface area (Å²) >= 11 is 0. The van der Waals surface area contributed by atoms with Gasteiger partial charge in [0.25, 0.3) is 5.91 Å². The van der Waals surface area contributed by atoms with Gasteiger partial charge in [0.15, 0.2) is 0 Å². The number of fused-ring (bicyclic) bond motifs is 1. The SMILES string of the molecule is CCNC(=O)Nc1cn[nH]c1[C@H]1CCCN(C(=O)c2ccc3ccccc3n2)C1. The third kappa shape index (κ3) is 4.06. The lowest BCUT2D eigenvalue weighted by atomic mass is 9.93. The van der Waals surface area contributed by atoms with Crippen LogP contribution in [0.15, 0.2) is 42.6 Å². The van der Waals surface area contributed by atoms with Gasteiger partial charge < -0.3 is 15.5 Å². The first-order chi connectivity index (χ1) is 14.2. The number of benzene rings is 1. The summed E-state index contributed by atoms with van der Waals surface area (Å²) in [7, 11) is 0. The van der Waals surface area contributed by atoms with Crippen LogP contribution in [0.5, 0.6) is 0 Å². The summed E-state index contributed by atoms with van der Waals surface area (Å²) in [6, 6.07) is 11.2. The van der Waals surface area contributed by atoms with E-state index in [1.54, 1.807) is 12.3 Å². The number of nitrogens with zero attached hydrogens (tertiary/aromatic N) is 3. The number of anilines is 1. The van der Waals surface area contributed by atoms with Gasteiger partial charge in [0.1, 0.15) is 5.69 Å². The lowest BCUT2D eigenvalue weighted by Gasteiger charge is -2.32. The Kier molecular flexibility index (Phi) is 5.41. The van der Waals surface area contributed by atoms with Crippen LogP contribution in [0.2, 0.25) is 0 Å². The minimum Gasteiger partial charge on any atom is -0.338 e. The molecule has 4 rings (SSSR count). The number of H-pyrrole nitrogens is 1. The van der Waals surface area contributed by atoms with Crippen LogP contribution in [0.25, 0.3) is 10.9 Å². The number of urea groups is 1. The highest BCUT2D eigenvalue weighted by Crippen LogP contribution is 2.31. The highest BCUT2D eigenvalue weighted by atomic mass is 16.2. The monoisotopic (exact) mass is 392 g/mol. The fourth-order valence-electron chi connectivity index (χ4n) is 3.78. The van der Waals surface area contributed by atoms with Gasteiger partial charge in [-0.15, -0.1) is 0 Å². The van der Waals surface area contributed by atoms with Crippen molar-refractivity contribution < 1.29 is 9.59 Å². The quantitative estimate of drug-likeness (QED) is 0.635. The smallest absolute Gasteiger partial charge is 0.319 e. The molecular formula is C21H24N6O2. The third-order valence-corrected chi connectivity index (χ3v) is 5.19. The molecule has 2 aromatic heterocycles. The van der Waals surface area contributed by atoms with Crippen molar-refractivity contribution in [3.05, 3.63) is 54.0 Å². The zero-order chi connectivity index (χ0) is 20.2. The lowest BCUT2D eigenvalue weighted by Crippen LogP contribution is -2.39. The summed E-state index contributed by atoms with van der Waals surface area (Å²) in [4.78, 5) is 31.3. The molecule has 1 aliphatic heterocycles. The number of carbonyl (C=O) groups is 2. The molecule has 3 aromatic rings. The van der Waals surface area contributed by atoms with Gasteiger partial charge in [-0.2, -0.15) is 5.10 Å². The Hall–Kier alpha value is -3.42. The molecule has 150 valence electrons. The Bertz CT molecular complexity index is 1030. The molecule has 0 aliphatic carbocycles. The van der Waals surface area contributed by atoms with Crippen LogP contribution in [0.4, 0.5) is 10.5 Å². The lowest BCUT2D eigenvalue weighted by molar-refractivity contribution is 0.0700. The number of hydrogen-bond donors (Lipinski definition) is 3. The minimum absolute atomic E-state index is 0.0711. The zero-order valence-corrected chi connectivity index (χ0v) is 16.3. The second-order valence-corrected chi connectivity index (χ2v) is 7.16. The number of aromatic nitrogens is 3. The van der Waals surface area contributed by atoms with Gasteiger partial charge in [-0.3, -0.25) is 9.89 Å². The fraction of sp³-hybridized carbons (Fsp3) is 0.333. The van der Waals surface area contributed by atoms with E-state index < -0.39 is 0 Å². The normalized spacial score (nSPS) is 16.6. The number of nitrogens with one attached hydrogen (secondary N) is 3. The first-order valence-corrected chi connectivity index (χ1v) is 9.89. The van der Waals surface area contributed by atoms with E-state index >= 15 is 0 Å². The summed E-state index contributed by atoms with van der Waals surface area (Å²) in [5.74, 6) is 0.00536. The molecule has 1 fully saturated rings. The molecule has 1 aliphatic rings. The highest BCUT2D eigenvalue weighted by Gasteiger charge is 2.29. The summed E-state index contributed by atoms with van der Waals surface area (Å²) in [5, 5.41) is 13.6.